The Balaban J connectivity index is 0.000000164. The zero-order chi connectivity index (χ0) is 31.8. The second-order valence-corrected chi connectivity index (χ2v) is 13.0. The van der Waals surface area contributed by atoms with Gasteiger partial charge in [-0.15, -0.1) is 0 Å². The maximum Gasteiger partial charge on any atom is 0.488 e. The third-order valence-corrected chi connectivity index (χ3v) is 9.66. The number of hydrogen-bond donors (Lipinski definition) is 2. The second kappa shape index (κ2) is 15.4. The van der Waals surface area contributed by atoms with E-state index < -0.39 is 0 Å². The summed E-state index contributed by atoms with van der Waals surface area (Å²) in [5.41, 5.74) is 13.3. The van der Waals surface area contributed by atoms with Gasteiger partial charge < -0.3 is 20.8 Å². The molecule has 4 aromatic carbocycles. The van der Waals surface area contributed by atoms with E-state index in [0.29, 0.717) is 16.4 Å². The van der Waals surface area contributed by atoms with Crippen LogP contribution < -0.4 is 11.5 Å². The van der Waals surface area contributed by atoms with Gasteiger partial charge in [0.05, 0.1) is 35.9 Å². The Morgan fingerprint density at radius 1 is 0.814 bits per heavy atom. The van der Waals surface area contributed by atoms with E-state index in [4.69, 9.17) is 49.2 Å². The van der Waals surface area contributed by atoms with Crippen LogP contribution in [0.5, 0.6) is 0 Å². The van der Waals surface area contributed by atoms with E-state index in [-0.39, 0.29) is 11.2 Å². The first-order valence-electron chi connectivity index (χ1n) is 13.0. The first-order chi connectivity index (χ1) is 20.3. The van der Waals surface area contributed by atoms with E-state index in [2.05, 4.69) is 43.5 Å². The molecular weight excluding hydrogens is 761 g/mol. The molecule has 0 amide bonds. The number of nitrogens with two attached hydrogens (primary N) is 2. The molecule has 0 unspecified atom stereocenters. The van der Waals surface area contributed by atoms with Crippen LogP contribution in [0.15, 0.2) is 89.4 Å². The fourth-order valence-corrected chi connectivity index (χ4v) is 4.79. The summed E-state index contributed by atoms with van der Waals surface area (Å²) in [7, 11) is 1.42. The number of benzene rings is 4. The number of fused-ring (bicyclic) bond motifs is 3. The molecule has 1 aromatic heterocycles. The molecule has 1 radical (unpaired) electrons. The topological polar surface area (TPSA) is 107 Å². The second-order valence-electron chi connectivity index (χ2n) is 10.3. The number of aromatic nitrogens is 1. The Hall–Kier alpha value is -2.59. The molecule has 1 saturated heterocycles. The van der Waals surface area contributed by atoms with E-state index in [1.165, 1.54) is 7.69 Å². The first-order valence-corrected chi connectivity index (χ1v) is 15.7. The van der Waals surface area contributed by atoms with Gasteiger partial charge >= 0.3 is 7.69 Å². The van der Waals surface area contributed by atoms with Crippen LogP contribution in [0.25, 0.3) is 21.7 Å². The molecule has 0 aliphatic carbocycles. The molecule has 11 heteroatoms. The lowest BCUT2D eigenvalue weighted by atomic mass is 9.90. The van der Waals surface area contributed by atoms with Gasteiger partial charge in [0, 0.05) is 20.9 Å². The lowest BCUT2D eigenvalue weighted by molar-refractivity contribution is 0.00578. The molecule has 0 spiro atoms. The minimum absolute atomic E-state index is 0.187. The molecule has 4 N–H and O–H groups in total. The van der Waals surface area contributed by atoms with Crippen molar-refractivity contribution in [2.45, 2.75) is 38.9 Å². The van der Waals surface area contributed by atoms with Gasteiger partial charge in [-0.3, -0.25) is 0 Å². The van der Waals surface area contributed by atoms with E-state index in [9.17, 15) is 0 Å². The lowest BCUT2D eigenvalue weighted by Crippen LogP contribution is -2.41. The van der Waals surface area contributed by atoms with Gasteiger partial charge in [0.1, 0.15) is 11.9 Å². The molecule has 0 atom stereocenters. The largest absolute Gasteiger partial charge is 0.488 e. The molecular formula is C32H30BBrCl2IN4O2. The van der Waals surface area contributed by atoms with Crippen LogP contribution in [-0.2, 0) is 9.31 Å². The Kier molecular flexibility index (Phi) is 12.5. The molecule has 1 aliphatic heterocycles. The van der Waals surface area contributed by atoms with Crippen LogP contribution in [0.1, 0.15) is 33.3 Å². The molecule has 0 saturated carbocycles. The summed E-state index contributed by atoms with van der Waals surface area (Å²) in [4.78, 5) is 4.36. The van der Waals surface area contributed by atoms with Crippen LogP contribution >= 0.6 is 61.7 Å². The van der Waals surface area contributed by atoms with Crippen molar-refractivity contribution in [3.8, 4) is 6.07 Å². The van der Waals surface area contributed by atoms with Crippen LogP contribution in [-0.4, -0.2) is 23.9 Å². The van der Waals surface area contributed by atoms with Gasteiger partial charge in [-0.2, -0.15) is 5.26 Å². The average Bonchev–Trinajstić information content (AvgIpc) is 3.22. The zero-order valence-electron chi connectivity index (χ0n) is 24.0. The number of anilines is 2. The van der Waals surface area contributed by atoms with Crippen molar-refractivity contribution in [3.63, 3.8) is 0 Å². The summed E-state index contributed by atoms with van der Waals surface area (Å²) in [6, 6.07) is 28.4. The van der Waals surface area contributed by atoms with Crippen molar-refractivity contribution in [3.05, 3.63) is 109 Å². The quantitative estimate of drug-likeness (QED) is 0.0701. The minimum Gasteiger partial charge on any atom is -0.405 e. The van der Waals surface area contributed by atoms with Crippen LogP contribution in [0.4, 0.5) is 11.5 Å². The number of nitriles is 1. The number of hydrogen-bond acceptors (Lipinski definition) is 6. The summed E-state index contributed by atoms with van der Waals surface area (Å²) in [5, 5.41) is 12.8. The molecule has 43 heavy (non-hydrogen) atoms. The number of rotatable bonds is 0. The van der Waals surface area contributed by atoms with Gasteiger partial charge in [0.25, 0.3) is 0 Å². The number of nitrogens with zero attached hydrogens (tertiary/aromatic N) is 2. The summed E-state index contributed by atoms with van der Waals surface area (Å²) in [5.74, 6) is 0.547. The van der Waals surface area contributed by atoms with Crippen molar-refractivity contribution in [1.29, 1.82) is 5.26 Å². The molecule has 0 bridgehead atoms. The van der Waals surface area contributed by atoms with Crippen molar-refractivity contribution in [2.24, 2.45) is 0 Å². The smallest absolute Gasteiger partial charge is 0.405 e. The molecule has 6 rings (SSSR count). The third kappa shape index (κ3) is 8.97. The maximum atomic E-state index is 8.44. The number of halogens is 4. The normalized spacial score (nSPS) is 14.1. The summed E-state index contributed by atoms with van der Waals surface area (Å²) in [6.45, 7) is 8.04. The Morgan fingerprint density at radius 2 is 1.37 bits per heavy atom. The number of pyridine rings is 1. The predicted octanol–water partition coefficient (Wildman–Crippen LogP) is 9.60. The predicted molar refractivity (Wildman–Crippen MR) is 192 cm³/mol. The first kappa shape index (κ1) is 34.9. The average molecular weight is 791 g/mol. The third-order valence-electron chi connectivity index (χ3n) is 6.82. The zero-order valence-corrected chi connectivity index (χ0v) is 29.3. The van der Waals surface area contributed by atoms with Gasteiger partial charge in [0.2, 0.25) is 0 Å². The number of nitrogen functional groups attached to an aromatic ring is 2. The van der Waals surface area contributed by atoms with Gasteiger partial charge in [-0.05, 0) is 108 Å². The van der Waals surface area contributed by atoms with Crippen LogP contribution in [0.2, 0.25) is 10.0 Å². The Bertz CT molecular complexity index is 1730. The van der Waals surface area contributed by atoms with Gasteiger partial charge in [-0.1, -0.05) is 71.7 Å². The minimum atomic E-state index is -0.188. The summed E-state index contributed by atoms with van der Waals surface area (Å²) < 4.78 is 12.2. The van der Waals surface area contributed by atoms with Crippen molar-refractivity contribution < 1.29 is 9.31 Å². The standard InChI is InChI=1S/C13H9ClN2.C7H4BrN.C6H12BO2.C6H5ClIN/c14-10-6-3-7-11-12(10)8-4-1-2-5-9(8)13(15)16-11;8-7-4-2-1-3-6(7)5-9;1-5(2)6(3,4)9-7-8-5;7-4-2-1-3-5(9)6(4)8/h1-7H,(H2,15,16);1-4H;1-4H3;1-3H,9H2. The van der Waals surface area contributed by atoms with Gasteiger partial charge in [0.15, 0.2) is 0 Å². The monoisotopic (exact) mass is 789 g/mol. The highest BCUT2D eigenvalue weighted by atomic mass is 127. The highest BCUT2D eigenvalue weighted by molar-refractivity contribution is 14.1. The molecule has 1 aliphatic rings. The van der Waals surface area contributed by atoms with Crippen molar-refractivity contribution in [1.82, 2.24) is 4.98 Å². The van der Waals surface area contributed by atoms with Gasteiger partial charge in [-0.25, -0.2) is 4.98 Å². The van der Waals surface area contributed by atoms with Crippen molar-refractivity contribution >= 4 is 103 Å². The van der Waals surface area contributed by atoms with Crippen LogP contribution in [0, 0.1) is 14.9 Å². The van der Waals surface area contributed by atoms with E-state index in [0.717, 1.165) is 40.4 Å². The summed E-state index contributed by atoms with van der Waals surface area (Å²) in [6.07, 6.45) is 0. The molecule has 221 valence electrons. The fraction of sp³-hybridized carbons (Fsp3) is 0.188. The summed E-state index contributed by atoms with van der Waals surface area (Å²) >= 11 is 17.3. The molecule has 5 aromatic rings. The molecule has 1 fully saturated rings. The molecule has 6 nitrogen and oxygen atoms in total. The lowest BCUT2D eigenvalue weighted by Gasteiger charge is -2.32. The van der Waals surface area contributed by atoms with E-state index >= 15 is 0 Å². The van der Waals surface area contributed by atoms with Crippen LogP contribution in [0.3, 0.4) is 0 Å². The SMILES string of the molecule is CC1(C)O[B]OC1(C)C.N#Cc1ccccc1Br.Nc1cccc(Cl)c1I.Nc1nc2cccc(Cl)c2c2ccccc12. The molecule has 2 heterocycles. The van der Waals surface area contributed by atoms with Crippen molar-refractivity contribution in [2.75, 3.05) is 11.5 Å². The maximum absolute atomic E-state index is 8.44. The Labute approximate surface area is 285 Å². The fourth-order valence-electron chi connectivity index (χ4n) is 3.61. The Morgan fingerprint density at radius 3 is 1.88 bits per heavy atom. The highest BCUT2D eigenvalue weighted by Crippen LogP contribution is 2.33. The van der Waals surface area contributed by atoms with E-state index in [1.807, 2.05) is 113 Å². The highest BCUT2D eigenvalue weighted by Gasteiger charge is 2.44. The van der Waals surface area contributed by atoms with E-state index in [1.54, 1.807) is 6.07 Å².